The van der Waals surface area contributed by atoms with E-state index in [-0.39, 0.29) is 11.1 Å². The van der Waals surface area contributed by atoms with Gasteiger partial charge in [-0.1, -0.05) is 48.5 Å². The van der Waals surface area contributed by atoms with Crippen LogP contribution in [-0.2, 0) is 0 Å². The minimum absolute atomic E-state index is 0.00743. The number of fused-ring (bicyclic) bond motifs is 1. The van der Waals surface area contributed by atoms with Crippen LogP contribution in [0, 0.1) is 6.92 Å². The summed E-state index contributed by atoms with van der Waals surface area (Å²) in [5.41, 5.74) is 0.715. The normalized spacial score (nSPS) is 12.6. The van der Waals surface area contributed by atoms with E-state index in [0.29, 0.717) is 35.2 Å². The fourth-order valence-corrected chi connectivity index (χ4v) is 3.25. The highest BCUT2D eigenvalue weighted by Crippen LogP contribution is 2.36. The Labute approximate surface area is 173 Å². The zero-order valence-corrected chi connectivity index (χ0v) is 16.7. The number of rotatable bonds is 7. The largest absolute Gasteiger partial charge is 0.492 e. The zero-order chi connectivity index (χ0) is 21.7. The van der Waals surface area contributed by atoms with Gasteiger partial charge in [-0.05, 0) is 48.0 Å². The molecule has 3 aromatic carbocycles. The molecule has 4 nitrogen and oxygen atoms in total. The molecule has 30 heavy (non-hydrogen) atoms. The predicted octanol–water partition coefficient (Wildman–Crippen LogP) is 4.78. The van der Waals surface area contributed by atoms with E-state index < -0.39 is 18.1 Å². The molecule has 0 saturated carbocycles. The Morgan fingerprint density at radius 2 is 1.80 bits per heavy atom. The van der Waals surface area contributed by atoms with Crippen LogP contribution in [-0.4, -0.2) is 32.3 Å². The lowest BCUT2D eigenvalue weighted by Crippen LogP contribution is -2.38. The number of nitrogens with one attached hydrogen (secondary N) is 2. The minimum Gasteiger partial charge on any atom is -0.492 e. The van der Waals surface area contributed by atoms with Crippen LogP contribution in [0.5, 0.6) is 5.75 Å². The van der Waals surface area contributed by atoms with Crippen molar-refractivity contribution in [3.63, 3.8) is 0 Å². The molecule has 0 saturated heterocycles. The highest BCUT2D eigenvalue weighted by molar-refractivity contribution is 5.97. The second kappa shape index (κ2) is 9.17. The van der Waals surface area contributed by atoms with E-state index in [0.717, 1.165) is 0 Å². The summed E-state index contributed by atoms with van der Waals surface area (Å²) in [4.78, 5) is 12.8. The molecule has 1 atom stereocenters. The van der Waals surface area contributed by atoms with E-state index in [9.17, 15) is 18.0 Å². The fraction of sp³-hybridized carbons (Fsp3) is 0.261. The number of benzene rings is 3. The number of ether oxygens (including phenoxy) is 1. The van der Waals surface area contributed by atoms with Gasteiger partial charge in [-0.25, -0.2) is 0 Å². The number of carbonyl (C=O) groups excluding carboxylic acids is 1. The highest BCUT2D eigenvalue weighted by atomic mass is 19.4. The molecule has 0 aliphatic heterocycles. The summed E-state index contributed by atoms with van der Waals surface area (Å²) in [7, 11) is 1.78. The summed E-state index contributed by atoms with van der Waals surface area (Å²) in [6.07, 6.45) is -4.66. The van der Waals surface area contributed by atoms with Gasteiger partial charge in [-0.15, -0.1) is 0 Å². The lowest BCUT2D eigenvalue weighted by molar-refractivity contribution is -0.154. The molecule has 0 heterocycles. The van der Waals surface area contributed by atoms with Gasteiger partial charge >= 0.3 is 6.18 Å². The van der Waals surface area contributed by atoms with Gasteiger partial charge in [-0.2, -0.15) is 13.2 Å². The average Bonchev–Trinajstić information content (AvgIpc) is 2.72. The van der Waals surface area contributed by atoms with Crippen molar-refractivity contribution >= 4 is 16.7 Å². The Balaban J connectivity index is 1.93. The van der Waals surface area contributed by atoms with Crippen LogP contribution in [0.15, 0.2) is 60.7 Å². The minimum atomic E-state index is -4.66. The summed E-state index contributed by atoms with van der Waals surface area (Å²) in [6.45, 7) is 2.65. The first kappa shape index (κ1) is 21.6. The molecule has 0 aromatic heterocycles. The van der Waals surface area contributed by atoms with Crippen LogP contribution in [0.2, 0.25) is 0 Å². The lowest BCUT2D eigenvalue weighted by atomic mass is 9.97. The van der Waals surface area contributed by atoms with Crippen LogP contribution in [0.4, 0.5) is 13.2 Å². The quantitative estimate of drug-likeness (QED) is 0.545. The standard InChI is InChI=1S/C23H23F3N2O2/c1-15-10-11-17(30-13-12-27-2)14-20(15)22(29)28-21(23(24,25)26)19-9-5-7-16-6-3-4-8-18(16)19/h3-11,14,21,27H,12-13H2,1-2H3,(H,28,29)/t21-/m0/s1. The molecule has 2 N–H and O–H groups in total. The third-order valence-corrected chi connectivity index (χ3v) is 4.81. The smallest absolute Gasteiger partial charge is 0.412 e. The molecule has 0 spiro atoms. The van der Waals surface area contributed by atoms with Crippen LogP contribution in [0.25, 0.3) is 10.8 Å². The number of likely N-dealkylation sites (N-methyl/N-ethyl adjacent to an activating group) is 1. The van der Waals surface area contributed by atoms with Crippen LogP contribution in [0.3, 0.4) is 0 Å². The van der Waals surface area contributed by atoms with Gasteiger partial charge in [0.2, 0.25) is 0 Å². The third kappa shape index (κ3) is 4.91. The summed E-state index contributed by atoms with van der Waals surface area (Å²) >= 11 is 0. The van der Waals surface area contributed by atoms with Crippen LogP contribution in [0.1, 0.15) is 27.5 Å². The van der Waals surface area contributed by atoms with Crippen molar-refractivity contribution in [3.8, 4) is 5.75 Å². The maximum Gasteiger partial charge on any atom is 0.412 e. The Bertz CT molecular complexity index is 1030. The molecule has 0 aliphatic carbocycles. The van der Waals surface area contributed by atoms with Gasteiger partial charge < -0.3 is 15.4 Å². The van der Waals surface area contributed by atoms with Crippen molar-refractivity contribution in [2.45, 2.75) is 19.1 Å². The second-order valence-corrected chi connectivity index (χ2v) is 6.95. The highest BCUT2D eigenvalue weighted by Gasteiger charge is 2.42. The van der Waals surface area contributed by atoms with Crippen molar-refractivity contribution in [2.75, 3.05) is 20.2 Å². The van der Waals surface area contributed by atoms with Crippen molar-refractivity contribution in [1.82, 2.24) is 10.6 Å². The second-order valence-electron chi connectivity index (χ2n) is 6.95. The van der Waals surface area contributed by atoms with Gasteiger partial charge in [0.1, 0.15) is 12.4 Å². The van der Waals surface area contributed by atoms with E-state index in [1.54, 1.807) is 62.5 Å². The first-order valence-corrected chi connectivity index (χ1v) is 9.54. The van der Waals surface area contributed by atoms with E-state index in [4.69, 9.17) is 4.74 Å². The number of hydrogen-bond acceptors (Lipinski definition) is 3. The van der Waals surface area contributed by atoms with E-state index >= 15 is 0 Å². The molecular formula is C23H23F3N2O2. The monoisotopic (exact) mass is 416 g/mol. The fourth-order valence-electron chi connectivity index (χ4n) is 3.25. The van der Waals surface area contributed by atoms with Gasteiger partial charge in [0.15, 0.2) is 6.04 Å². The van der Waals surface area contributed by atoms with Crippen molar-refractivity contribution < 1.29 is 22.7 Å². The van der Waals surface area contributed by atoms with Crippen molar-refractivity contribution in [1.29, 1.82) is 0 Å². The zero-order valence-electron chi connectivity index (χ0n) is 16.7. The molecule has 7 heteroatoms. The Morgan fingerprint density at radius 3 is 2.53 bits per heavy atom. The number of halogens is 3. The number of aryl methyl sites for hydroxylation is 1. The molecular weight excluding hydrogens is 393 g/mol. The first-order valence-electron chi connectivity index (χ1n) is 9.54. The summed E-state index contributed by atoms with van der Waals surface area (Å²) in [5.74, 6) is -0.378. The molecule has 0 radical (unpaired) electrons. The van der Waals surface area contributed by atoms with Crippen LogP contribution < -0.4 is 15.4 Å². The molecule has 0 unspecified atom stereocenters. The lowest BCUT2D eigenvalue weighted by Gasteiger charge is -2.24. The van der Waals surface area contributed by atoms with Crippen LogP contribution >= 0.6 is 0 Å². The van der Waals surface area contributed by atoms with E-state index in [1.165, 1.54) is 12.1 Å². The molecule has 0 fully saturated rings. The average molecular weight is 416 g/mol. The predicted molar refractivity (Wildman–Crippen MR) is 111 cm³/mol. The molecule has 3 aromatic rings. The third-order valence-electron chi connectivity index (χ3n) is 4.81. The summed E-state index contributed by atoms with van der Waals surface area (Å²) in [5, 5.41) is 6.24. The molecule has 0 aliphatic rings. The molecule has 1 amide bonds. The Kier molecular flexibility index (Phi) is 6.62. The molecule has 3 rings (SSSR count). The number of carbonyl (C=O) groups is 1. The van der Waals surface area contributed by atoms with Crippen molar-refractivity contribution in [3.05, 3.63) is 77.4 Å². The van der Waals surface area contributed by atoms with Gasteiger partial charge in [0.05, 0.1) is 0 Å². The number of hydrogen-bond donors (Lipinski definition) is 2. The number of alkyl halides is 3. The summed E-state index contributed by atoms with van der Waals surface area (Å²) in [6, 6.07) is 14.2. The Hall–Kier alpha value is -3.06. The van der Waals surface area contributed by atoms with E-state index in [1.807, 2.05) is 0 Å². The maximum absolute atomic E-state index is 13.9. The maximum atomic E-state index is 13.9. The SMILES string of the molecule is CNCCOc1ccc(C)c(C(=O)N[C@@H](c2cccc3ccccc23)C(F)(F)F)c1. The molecule has 0 bridgehead atoms. The number of amides is 1. The van der Waals surface area contributed by atoms with Gasteiger partial charge in [-0.3, -0.25) is 4.79 Å². The van der Waals surface area contributed by atoms with Gasteiger partial charge in [0, 0.05) is 12.1 Å². The van der Waals surface area contributed by atoms with E-state index in [2.05, 4.69) is 10.6 Å². The van der Waals surface area contributed by atoms with Gasteiger partial charge in [0.25, 0.3) is 5.91 Å². The topological polar surface area (TPSA) is 50.4 Å². The van der Waals surface area contributed by atoms with Crippen molar-refractivity contribution in [2.24, 2.45) is 0 Å². The Morgan fingerprint density at radius 1 is 1.07 bits per heavy atom. The summed E-state index contributed by atoms with van der Waals surface area (Å²) < 4.78 is 47.4. The molecule has 158 valence electrons. The first-order chi connectivity index (χ1) is 14.3.